The number of guanidine groups is 2. The summed E-state index contributed by atoms with van der Waals surface area (Å²) in [5, 5.41) is 35.0. The van der Waals surface area contributed by atoms with Gasteiger partial charge in [-0.05, 0) is 30.0 Å². The van der Waals surface area contributed by atoms with Crippen molar-refractivity contribution in [2.45, 2.75) is 55.3 Å². The van der Waals surface area contributed by atoms with Gasteiger partial charge in [-0.1, -0.05) is 32.0 Å². The lowest BCUT2D eigenvalue weighted by Gasteiger charge is -2.43. The van der Waals surface area contributed by atoms with Gasteiger partial charge in [-0.15, -0.1) is 0 Å². The second-order valence-corrected chi connectivity index (χ2v) is 11.4. The number of nitrogens with one attached hydrogen (secondary N) is 4. The monoisotopic (exact) mass is 564 g/mol. The number of pyridine rings is 1. The molecule has 0 bridgehead atoms. The second-order valence-electron chi connectivity index (χ2n) is 11.4. The van der Waals surface area contributed by atoms with Crippen LogP contribution in [-0.4, -0.2) is 92.8 Å². The van der Waals surface area contributed by atoms with Crippen molar-refractivity contribution >= 4 is 23.7 Å². The first-order chi connectivity index (χ1) is 19.5. The number of benzene rings is 1. The van der Waals surface area contributed by atoms with Crippen molar-refractivity contribution < 1.29 is 29.1 Å². The number of nitrogens with zero attached hydrogens (tertiary/aromatic N) is 3. The van der Waals surface area contributed by atoms with Crippen LogP contribution in [0.4, 0.5) is 0 Å². The van der Waals surface area contributed by atoms with Crippen LogP contribution < -0.4 is 37.5 Å². The molecule has 5 heterocycles. The molecule has 14 nitrogen and oxygen atoms in total. The number of amides is 2. The highest BCUT2D eigenvalue weighted by Crippen LogP contribution is 2.43. The number of fused-ring (bicyclic) bond motifs is 1. The molecule has 0 saturated carbocycles. The number of nitrogens with two attached hydrogens (primary N) is 2. The van der Waals surface area contributed by atoms with Gasteiger partial charge in [-0.2, -0.15) is 0 Å². The lowest BCUT2D eigenvalue weighted by molar-refractivity contribution is -0.623. The highest BCUT2D eigenvalue weighted by molar-refractivity contribution is 5.98. The van der Waals surface area contributed by atoms with Crippen molar-refractivity contribution in [2.24, 2.45) is 16.5 Å². The molecule has 4 aliphatic rings. The van der Waals surface area contributed by atoms with Gasteiger partial charge in [0.05, 0.1) is 25.3 Å². The van der Waals surface area contributed by atoms with Crippen LogP contribution in [0, 0.1) is 0 Å². The Balaban J connectivity index is 1.27. The van der Waals surface area contributed by atoms with E-state index in [1.165, 1.54) is 10.8 Å². The molecule has 0 radical (unpaired) electrons. The third kappa shape index (κ3) is 4.04. The van der Waals surface area contributed by atoms with Crippen molar-refractivity contribution in [1.82, 2.24) is 26.3 Å². The zero-order valence-electron chi connectivity index (χ0n) is 22.7. The molecule has 0 aliphatic carbocycles. The van der Waals surface area contributed by atoms with Crippen molar-refractivity contribution in [3.63, 3.8) is 0 Å². The number of ether oxygens (including phenoxy) is 1. The molecular weight excluding hydrogens is 530 g/mol. The molecule has 1 aromatic carbocycles. The number of aromatic nitrogens is 1. The van der Waals surface area contributed by atoms with Gasteiger partial charge in [-0.3, -0.25) is 25.6 Å². The summed E-state index contributed by atoms with van der Waals surface area (Å²) in [6.45, 7) is 4.59. The van der Waals surface area contributed by atoms with E-state index in [9.17, 15) is 19.8 Å². The first-order valence-corrected chi connectivity index (χ1v) is 13.4. The Bertz CT molecular complexity index is 1470. The molecular formula is C27H34N9O5+. The Labute approximate surface area is 235 Å². The lowest BCUT2D eigenvalue weighted by atomic mass is 9.79. The van der Waals surface area contributed by atoms with Crippen LogP contribution in [0.2, 0.25) is 0 Å². The van der Waals surface area contributed by atoms with Gasteiger partial charge in [0, 0.05) is 11.8 Å². The number of aliphatic imine (C=N–C) groups is 1. The molecule has 1 unspecified atom stereocenters. The van der Waals surface area contributed by atoms with Crippen molar-refractivity contribution in [3.8, 4) is 5.75 Å². The number of carbonyl (C=O) groups is 2. The van der Waals surface area contributed by atoms with E-state index in [4.69, 9.17) is 16.2 Å². The fourth-order valence-electron chi connectivity index (χ4n) is 6.30. The predicted molar refractivity (Wildman–Crippen MR) is 147 cm³/mol. The van der Waals surface area contributed by atoms with Crippen LogP contribution in [0.25, 0.3) is 0 Å². The van der Waals surface area contributed by atoms with E-state index in [0.29, 0.717) is 17.9 Å². The molecule has 1 spiro atoms. The maximum Gasteiger partial charge on any atom is 0.346 e. The highest BCUT2D eigenvalue weighted by atomic mass is 16.5. The standard InChI is InChI=1S/C27H33N9O5/c1-25(2)9-11-41-19-14(6-5-7-15(19)25)21(37)33-18-13-36-24(29)32-17(12-31-22(38)16-8-3-4-10-30-16)20-26(36,27(18,39)40)35-23(28)34-20/h3-8,10,17-18,20,39-40H,9,11-13H2,1-2H3,(H7,28,29,31,32,33,34,35,37,38)/p+1/t17-,18?,20-,26-/m0/s1. The number of carbonyl (C=O) groups excluding carboxylic acids is 2. The molecule has 4 atom stereocenters. The summed E-state index contributed by atoms with van der Waals surface area (Å²) >= 11 is 0. The first-order valence-electron chi connectivity index (χ1n) is 13.4. The second kappa shape index (κ2) is 9.31. The SMILES string of the molecule is CC1(C)CCOc2c(C(=O)NC3C[N+]4=C(N)N[C@@H](CNC(=O)c5ccccn5)[C@@H]5N=C(N)N[C@@]54C3(O)O)cccc21. The zero-order valence-corrected chi connectivity index (χ0v) is 22.7. The van der Waals surface area contributed by atoms with E-state index in [1.54, 1.807) is 30.3 Å². The van der Waals surface area contributed by atoms with Gasteiger partial charge >= 0.3 is 5.96 Å². The minimum absolute atomic E-state index is 0.0191. The summed E-state index contributed by atoms with van der Waals surface area (Å²) in [4.78, 5) is 34.7. The first kappa shape index (κ1) is 26.8. The summed E-state index contributed by atoms with van der Waals surface area (Å²) < 4.78 is 7.40. The lowest BCUT2D eigenvalue weighted by Crippen LogP contribution is -2.79. The fourth-order valence-corrected chi connectivity index (χ4v) is 6.30. The number of rotatable bonds is 5. The Morgan fingerprint density at radius 3 is 2.73 bits per heavy atom. The summed E-state index contributed by atoms with van der Waals surface area (Å²) in [7, 11) is 0. The average molecular weight is 565 g/mol. The van der Waals surface area contributed by atoms with E-state index < -0.39 is 41.4 Å². The van der Waals surface area contributed by atoms with Crippen LogP contribution in [-0.2, 0) is 5.41 Å². The van der Waals surface area contributed by atoms with Crippen LogP contribution in [0.5, 0.6) is 5.75 Å². The Kier molecular flexibility index (Phi) is 6.08. The third-order valence-electron chi connectivity index (χ3n) is 8.52. The van der Waals surface area contributed by atoms with Gasteiger partial charge < -0.3 is 36.6 Å². The Morgan fingerprint density at radius 1 is 1.17 bits per heavy atom. The molecule has 6 rings (SSSR count). The van der Waals surface area contributed by atoms with Gasteiger partial charge in [0.1, 0.15) is 29.6 Å². The predicted octanol–water partition coefficient (Wildman–Crippen LogP) is -2.35. The van der Waals surface area contributed by atoms with Crippen molar-refractivity contribution in [1.29, 1.82) is 0 Å². The largest absolute Gasteiger partial charge is 0.492 e. The molecule has 4 aliphatic heterocycles. The van der Waals surface area contributed by atoms with E-state index in [1.807, 2.05) is 6.07 Å². The molecule has 2 aromatic rings. The number of hydrogen-bond donors (Lipinski definition) is 8. The van der Waals surface area contributed by atoms with E-state index >= 15 is 0 Å². The van der Waals surface area contributed by atoms with Crippen molar-refractivity contribution in [2.75, 3.05) is 19.7 Å². The maximum atomic E-state index is 13.6. The normalized spacial score (nSPS) is 28.6. The summed E-state index contributed by atoms with van der Waals surface area (Å²) in [6, 6.07) is 7.54. The van der Waals surface area contributed by atoms with Crippen LogP contribution in [0.1, 0.15) is 46.7 Å². The quantitative estimate of drug-likeness (QED) is 0.143. The van der Waals surface area contributed by atoms with Gasteiger partial charge in [0.25, 0.3) is 11.8 Å². The van der Waals surface area contributed by atoms with Crippen LogP contribution >= 0.6 is 0 Å². The molecule has 216 valence electrons. The van der Waals surface area contributed by atoms with Crippen molar-refractivity contribution in [3.05, 3.63) is 59.4 Å². The molecule has 10 N–H and O–H groups in total. The smallest absolute Gasteiger partial charge is 0.346 e. The van der Waals surface area contributed by atoms with E-state index in [-0.39, 0.29) is 36.1 Å². The average Bonchev–Trinajstić information content (AvgIpc) is 3.41. The summed E-state index contributed by atoms with van der Waals surface area (Å²) in [5.74, 6) is -2.99. The fraction of sp³-hybridized carbons (Fsp3) is 0.444. The summed E-state index contributed by atoms with van der Waals surface area (Å²) in [6.07, 6.45) is 2.32. The molecule has 41 heavy (non-hydrogen) atoms. The van der Waals surface area contributed by atoms with Crippen LogP contribution in [0.3, 0.4) is 0 Å². The molecule has 14 heteroatoms. The Hall–Kier alpha value is -4.43. The number of hydrogen-bond acceptors (Lipinski definition) is 11. The molecule has 1 fully saturated rings. The summed E-state index contributed by atoms with van der Waals surface area (Å²) in [5.41, 5.74) is 12.0. The highest BCUT2D eigenvalue weighted by Gasteiger charge is 2.75. The van der Waals surface area contributed by atoms with Gasteiger partial charge in [0.15, 0.2) is 5.96 Å². The van der Waals surface area contributed by atoms with E-state index in [2.05, 4.69) is 45.1 Å². The molecule has 2 amide bonds. The van der Waals surface area contributed by atoms with Gasteiger partial charge in [-0.25, -0.2) is 9.57 Å². The van der Waals surface area contributed by atoms with Crippen LogP contribution in [0.15, 0.2) is 47.6 Å². The van der Waals surface area contributed by atoms with E-state index in [0.717, 1.165) is 12.0 Å². The minimum Gasteiger partial charge on any atom is -0.492 e. The maximum absolute atomic E-state index is 13.6. The third-order valence-corrected chi connectivity index (χ3v) is 8.52. The topological polar surface area (TPSA) is 212 Å². The van der Waals surface area contributed by atoms with Gasteiger partial charge in [0.2, 0.25) is 11.4 Å². The zero-order chi connectivity index (χ0) is 29.2. The molecule has 1 aromatic heterocycles. The number of para-hydroxylation sites is 1. The molecule has 1 saturated heterocycles. The minimum atomic E-state index is -2.59. The Morgan fingerprint density at radius 2 is 1.98 bits per heavy atom. The number of aliphatic hydroxyl groups is 2.